The summed E-state index contributed by atoms with van der Waals surface area (Å²) >= 11 is 0. The fourth-order valence-electron chi connectivity index (χ4n) is 2.03. The van der Waals surface area contributed by atoms with Crippen LogP contribution >= 0.6 is 0 Å². The van der Waals surface area contributed by atoms with Crippen LogP contribution in [0.15, 0.2) is 48.5 Å². The Morgan fingerprint density at radius 1 is 1.04 bits per heavy atom. The van der Waals surface area contributed by atoms with Crippen molar-refractivity contribution in [2.24, 2.45) is 0 Å². The Kier molecular flexibility index (Phi) is 6.27. The molecule has 0 spiro atoms. The molecule has 0 fully saturated rings. The van der Waals surface area contributed by atoms with Gasteiger partial charge in [-0.15, -0.1) is 0 Å². The van der Waals surface area contributed by atoms with Gasteiger partial charge in [-0.2, -0.15) is 13.2 Å². The molecule has 0 bridgehead atoms. The lowest BCUT2D eigenvalue weighted by Gasteiger charge is -2.11. The van der Waals surface area contributed by atoms with Crippen molar-refractivity contribution in [3.63, 3.8) is 0 Å². The van der Waals surface area contributed by atoms with E-state index in [2.05, 4.69) is 5.32 Å². The van der Waals surface area contributed by atoms with E-state index >= 15 is 0 Å². The fraction of sp³-hybridized carbons (Fsp3) is 0.278. The van der Waals surface area contributed by atoms with Crippen LogP contribution in [0.3, 0.4) is 0 Å². The van der Waals surface area contributed by atoms with Crippen LogP contribution < -0.4 is 14.8 Å². The van der Waals surface area contributed by atoms with E-state index in [9.17, 15) is 18.0 Å². The first-order valence-electron chi connectivity index (χ1n) is 7.61. The van der Waals surface area contributed by atoms with Crippen molar-refractivity contribution in [1.29, 1.82) is 0 Å². The summed E-state index contributed by atoms with van der Waals surface area (Å²) in [6, 6.07) is 11.9. The molecule has 4 nitrogen and oxygen atoms in total. The molecule has 0 saturated heterocycles. The summed E-state index contributed by atoms with van der Waals surface area (Å²) in [5.41, 5.74) is 0.244. The Balaban J connectivity index is 1.70. The first-order valence-corrected chi connectivity index (χ1v) is 7.61. The number of aryl methyl sites for hydroxylation is 1. The van der Waals surface area contributed by atoms with Crippen molar-refractivity contribution in [3.8, 4) is 11.5 Å². The van der Waals surface area contributed by atoms with Gasteiger partial charge < -0.3 is 14.8 Å². The zero-order valence-electron chi connectivity index (χ0n) is 13.6. The summed E-state index contributed by atoms with van der Waals surface area (Å²) in [6.45, 7) is 2.11. The van der Waals surface area contributed by atoms with E-state index in [4.69, 9.17) is 9.47 Å². The molecule has 0 saturated carbocycles. The third-order valence-electron chi connectivity index (χ3n) is 3.21. The lowest BCUT2D eigenvalue weighted by Crippen LogP contribution is -2.32. The predicted molar refractivity (Wildman–Crippen MR) is 86.6 cm³/mol. The van der Waals surface area contributed by atoms with Gasteiger partial charge in [-0.1, -0.05) is 18.2 Å². The molecule has 25 heavy (non-hydrogen) atoms. The van der Waals surface area contributed by atoms with Gasteiger partial charge in [0.2, 0.25) is 0 Å². The van der Waals surface area contributed by atoms with E-state index in [0.29, 0.717) is 5.75 Å². The lowest BCUT2D eigenvalue weighted by molar-refractivity contribution is -0.137. The van der Waals surface area contributed by atoms with Gasteiger partial charge >= 0.3 is 6.18 Å². The molecule has 0 atom stereocenters. The highest BCUT2D eigenvalue weighted by Gasteiger charge is 2.30. The number of carbonyl (C=O) groups is 1. The average molecular weight is 353 g/mol. The average Bonchev–Trinajstić information content (AvgIpc) is 2.56. The van der Waals surface area contributed by atoms with Gasteiger partial charge in [-0.25, -0.2) is 0 Å². The molecule has 0 heterocycles. The Morgan fingerprint density at radius 3 is 2.40 bits per heavy atom. The van der Waals surface area contributed by atoms with Crippen LogP contribution in [0.25, 0.3) is 0 Å². The minimum Gasteiger partial charge on any atom is -0.492 e. The van der Waals surface area contributed by atoms with Crippen LogP contribution in [0.2, 0.25) is 0 Å². The number of hydrogen-bond acceptors (Lipinski definition) is 3. The van der Waals surface area contributed by atoms with E-state index in [1.807, 2.05) is 31.2 Å². The number of rotatable bonds is 7. The standard InChI is InChI=1S/C18H18F3NO3/c1-13-4-2-6-15(10-13)24-9-8-22-17(23)12-25-16-7-3-5-14(11-16)18(19,20)21/h2-7,10-11H,8-9,12H2,1H3,(H,22,23). The molecule has 0 aliphatic heterocycles. The van der Waals surface area contributed by atoms with Crippen molar-refractivity contribution in [3.05, 3.63) is 59.7 Å². The Morgan fingerprint density at radius 2 is 1.72 bits per heavy atom. The summed E-state index contributed by atoms with van der Waals surface area (Å²) < 4.78 is 48.3. The number of carbonyl (C=O) groups excluding carboxylic acids is 1. The summed E-state index contributed by atoms with van der Waals surface area (Å²) in [5.74, 6) is 0.251. The highest BCUT2D eigenvalue weighted by Crippen LogP contribution is 2.31. The lowest BCUT2D eigenvalue weighted by atomic mass is 10.2. The van der Waals surface area contributed by atoms with Crippen molar-refractivity contribution >= 4 is 5.91 Å². The van der Waals surface area contributed by atoms with Crippen LogP contribution in [-0.2, 0) is 11.0 Å². The van der Waals surface area contributed by atoms with Gasteiger partial charge in [0, 0.05) is 0 Å². The normalized spacial score (nSPS) is 11.0. The second-order valence-electron chi connectivity index (χ2n) is 5.33. The number of amides is 1. The van der Waals surface area contributed by atoms with E-state index in [0.717, 1.165) is 17.7 Å². The third-order valence-corrected chi connectivity index (χ3v) is 3.21. The van der Waals surface area contributed by atoms with Crippen LogP contribution in [0.5, 0.6) is 11.5 Å². The molecule has 134 valence electrons. The van der Waals surface area contributed by atoms with Crippen molar-refractivity contribution in [2.45, 2.75) is 13.1 Å². The van der Waals surface area contributed by atoms with Crippen LogP contribution in [0.1, 0.15) is 11.1 Å². The topological polar surface area (TPSA) is 47.6 Å². The van der Waals surface area contributed by atoms with E-state index in [1.54, 1.807) is 0 Å². The summed E-state index contributed by atoms with van der Waals surface area (Å²) in [6.07, 6.45) is -4.45. The highest BCUT2D eigenvalue weighted by atomic mass is 19.4. The Hall–Kier alpha value is -2.70. The van der Waals surface area contributed by atoms with E-state index < -0.39 is 17.6 Å². The van der Waals surface area contributed by atoms with Crippen molar-refractivity contribution < 1.29 is 27.4 Å². The van der Waals surface area contributed by atoms with Gasteiger partial charge in [0.15, 0.2) is 6.61 Å². The molecular formula is C18H18F3NO3. The van der Waals surface area contributed by atoms with Gasteiger partial charge in [0.1, 0.15) is 18.1 Å². The fourth-order valence-corrected chi connectivity index (χ4v) is 2.03. The van der Waals surface area contributed by atoms with Crippen LogP contribution in [0, 0.1) is 6.92 Å². The Bertz CT molecular complexity index is 717. The quantitative estimate of drug-likeness (QED) is 0.774. The molecule has 2 aromatic carbocycles. The monoisotopic (exact) mass is 353 g/mol. The second-order valence-corrected chi connectivity index (χ2v) is 5.33. The predicted octanol–water partition coefficient (Wildman–Crippen LogP) is 3.59. The molecular weight excluding hydrogens is 335 g/mol. The molecule has 0 unspecified atom stereocenters. The van der Waals surface area contributed by atoms with Gasteiger partial charge in [-0.3, -0.25) is 4.79 Å². The first-order chi connectivity index (χ1) is 11.8. The number of nitrogens with one attached hydrogen (secondary N) is 1. The maximum atomic E-state index is 12.6. The molecule has 1 amide bonds. The minimum atomic E-state index is -4.45. The zero-order valence-corrected chi connectivity index (χ0v) is 13.6. The SMILES string of the molecule is Cc1cccc(OCCNC(=O)COc2cccc(C(F)(F)F)c2)c1. The third kappa shape index (κ3) is 6.37. The van der Waals surface area contributed by atoms with Crippen LogP contribution in [-0.4, -0.2) is 25.7 Å². The maximum absolute atomic E-state index is 12.6. The second kappa shape index (κ2) is 8.41. The number of halogens is 3. The summed E-state index contributed by atoms with van der Waals surface area (Å²) in [7, 11) is 0. The number of hydrogen-bond donors (Lipinski definition) is 1. The molecule has 0 aliphatic carbocycles. The summed E-state index contributed by atoms with van der Waals surface area (Å²) in [4.78, 5) is 11.6. The van der Waals surface area contributed by atoms with E-state index in [1.165, 1.54) is 12.1 Å². The molecule has 2 aromatic rings. The van der Waals surface area contributed by atoms with Gasteiger partial charge in [0.25, 0.3) is 5.91 Å². The first kappa shape index (κ1) is 18.6. The molecule has 0 aromatic heterocycles. The van der Waals surface area contributed by atoms with Crippen LogP contribution in [0.4, 0.5) is 13.2 Å². The number of benzene rings is 2. The van der Waals surface area contributed by atoms with E-state index in [-0.39, 0.29) is 25.5 Å². The molecule has 1 N–H and O–H groups in total. The Labute approximate surface area is 143 Å². The van der Waals surface area contributed by atoms with Gasteiger partial charge in [-0.05, 0) is 42.8 Å². The minimum absolute atomic E-state index is 0.0130. The summed E-state index contributed by atoms with van der Waals surface area (Å²) in [5, 5.41) is 2.57. The molecule has 0 aliphatic rings. The number of alkyl halides is 3. The molecule has 7 heteroatoms. The smallest absolute Gasteiger partial charge is 0.416 e. The van der Waals surface area contributed by atoms with Crippen molar-refractivity contribution in [1.82, 2.24) is 5.32 Å². The maximum Gasteiger partial charge on any atom is 0.416 e. The highest BCUT2D eigenvalue weighted by molar-refractivity contribution is 5.77. The molecule has 2 rings (SSSR count). The van der Waals surface area contributed by atoms with Crippen molar-refractivity contribution in [2.75, 3.05) is 19.8 Å². The largest absolute Gasteiger partial charge is 0.492 e. The number of ether oxygens (including phenoxy) is 2. The molecule has 0 radical (unpaired) electrons. The van der Waals surface area contributed by atoms with Gasteiger partial charge in [0.05, 0.1) is 12.1 Å². The zero-order chi connectivity index (χ0) is 18.3.